The topological polar surface area (TPSA) is 3.24 Å². The molecule has 0 fully saturated rings. The molecule has 0 heterocycles. The van der Waals surface area contributed by atoms with Crippen molar-refractivity contribution in [3.05, 3.63) is 149 Å². The second kappa shape index (κ2) is 9.27. The summed E-state index contributed by atoms with van der Waals surface area (Å²) in [6, 6.07) is 42.8. The molecule has 1 nitrogen and oxygen atoms in total. The highest BCUT2D eigenvalue weighted by molar-refractivity contribution is 5.80. The van der Waals surface area contributed by atoms with Crippen LogP contribution in [0.3, 0.4) is 0 Å². The number of hydrogen-bond acceptors (Lipinski definition) is 1. The van der Waals surface area contributed by atoms with Crippen LogP contribution < -0.4 is 4.90 Å². The third kappa shape index (κ3) is 4.00. The molecule has 5 aromatic rings. The van der Waals surface area contributed by atoms with Crippen LogP contribution in [0.4, 0.5) is 17.1 Å². The summed E-state index contributed by atoms with van der Waals surface area (Å²) in [5.74, 6) is 0. The van der Waals surface area contributed by atoms with E-state index in [9.17, 15) is 0 Å². The van der Waals surface area contributed by atoms with Gasteiger partial charge in [-0.3, -0.25) is 0 Å². The summed E-state index contributed by atoms with van der Waals surface area (Å²) in [4.78, 5) is 2.35. The summed E-state index contributed by atoms with van der Waals surface area (Å²) in [7, 11) is 0. The molecule has 0 saturated carbocycles. The predicted molar refractivity (Wildman–Crippen MR) is 167 cm³/mol. The Labute approximate surface area is 233 Å². The molecule has 194 valence electrons. The number of nitrogens with zero attached hydrogens (tertiary/aromatic N) is 1. The highest BCUT2D eigenvalue weighted by atomic mass is 15.1. The van der Waals surface area contributed by atoms with Gasteiger partial charge in [0.2, 0.25) is 0 Å². The second-order valence-electron chi connectivity index (χ2n) is 11.9. The minimum absolute atomic E-state index is 0.0994. The first kappa shape index (κ1) is 25.2. The molecule has 1 unspecified atom stereocenters. The SMILES string of the molecule is Cc1ccc(N(c2ccc(C)cc2)c2ccc(C3(C)c4ccccc4-c4ccc(C)cc4C3(C)C)cc2)cc1. The monoisotopic (exact) mass is 507 g/mol. The number of fused-ring (bicyclic) bond motifs is 3. The van der Waals surface area contributed by atoms with E-state index in [1.165, 1.54) is 44.5 Å². The average molecular weight is 508 g/mol. The minimum Gasteiger partial charge on any atom is -0.311 e. The molecule has 1 aliphatic rings. The Bertz CT molecular complexity index is 1590. The lowest BCUT2D eigenvalue weighted by molar-refractivity contribution is 0.326. The molecule has 1 atom stereocenters. The molecule has 0 amide bonds. The summed E-state index contributed by atoms with van der Waals surface area (Å²) in [5, 5.41) is 0. The van der Waals surface area contributed by atoms with Crippen molar-refractivity contribution in [2.45, 2.75) is 52.4 Å². The lowest BCUT2D eigenvalue weighted by Crippen LogP contribution is -2.46. The third-order valence-corrected chi connectivity index (χ3v) is 9.14. The molecule has 0 radical (unpaired) electrons. The lowest BCUT2D eigenvalue weighted by atomic mass is 9.52. The van der Waals surface area contributed by atoms with Crippen molar-refractivity contribution in [2.24, 2.45) is 0 Å². The molecule has 0 spiro atoms. The minimum atomic E-state index is -0.193. The number of anilines is 3. The van der Waals surface area contributed by atoms with Crippen LogP contribution in [0.2, 0.25) is 0 Å². The van der Waals surface area contributed by atoms with Crippen molar-refractivity contribution in [3.8, 4) is 11.1 Å². The number of rotatable bonds is 4. The summed E-state index contributed by atoms with van der Waals surface area (Å²) in [6.07, 6.45) is 0. The number of aryl methyl sites for hydroxylation is 3. The molecule has 0 aromatic heterocycles. The van der Waals surface area contributed by atoms with Gasteiger partial charge in [-0.1, -0.05) is 116 Å². The Morgan fingerprint density at radius 3 is 1.49 bits per heavy atom. The largest absolute Gasteiger partial charge is 0.311 e. The van der Waals surface area contributed by atoms with Crippen LogP contribution in [0, 0.1) is 20.8 Å². The van der Waals surface area contributed by atoms with Crippen molar-refractivity contribution in [2.75, 3.05) is 4.90 Å². The van der Waals surface area contributed by atoms with E-state index in [1.807, 2.05) is 0 Å². The molecule has 6 rings (SSSR count). The van der Waals surface area contributed by atoms with E-state index in [0.29, 0.717) is 0 Å². The molecule has 1 heteroatoms. The highest BCUT2D eigenvalue weighted by Gasteiger charge is 2.49. The summed E-state index contributed by atoms with van der Waals surface area (Å²) >= 11 is 0. The predicted octanol–water partition coefficient (Wildman–Crippen LogP) is 10.3. The smallest absolute Gasteiger partial charge is 0.0461 e. The maximum Gasteiger partial charge on any atom is 0.0461 e. The zero-order valence-electron chi connectivity index (χ0n) is 23.9. The van der Waals surface area contributed by atoms with Gasteiger partial charge in [-0.15, -0.1) is 0 Å². The first-order valence-corrected chi connectivity index (χ1v) is 14.0. The van der Waals surface area contributed by atoms with Crippen molar-refractivity contribution in [1.82, 2.24) is 0 Å². The van der Waals surface area contributed by atoms with E-state index in [4.69, 9.17) is 0 Å². The van der Waals surface area contributed by atoms with Crippen LogP contribution in [-0.2, 0) is 10.8 Å². The zero-order valence-corrected chi connectivity index (χ0v) is 23.9. The fourth-order valence-electron chi connectivity index (χ4n) is 6.47. The van der Waals surface area contributed by atoms with Gasteiger partial charge in [-0.2, -0.15) is 0 Å². The summed E-state index contributed by atoms with van der Waals surface area (Å²) in [6.45, 7) is 13.7. The van der Waals surface area contributed by atoms with E-state index < -0.39 is 0 Å². The van der Waals surface area contributed by atoms with Gasteiger partial charge < -0.3 is 4.90 Å². The Morgan fingerprint density at radius 2 is 0.923 bits per heavy atom. The molecule has 0 N–H and O–H groups in total. The standard InChI is InChI=1S/C38H37N/c1-26-11-18-30(19-12-26)39(31-20-13-27(2)14-21-31)32-22-16-29(17-23-32)38(6)35-10-8-7-9-33(35)34-24-15-28(3)25-36(34)37(38,4)5/h7-25H,1-6H3. The Hall–Kier alpha value is -4.10. The van der Waals surface area contributed by atoms with Gasteiger partial charge in [0.25, 0.3) is 0 Å². The van der Waals surface area contributed by atoms with Crippen molar-refractivity contribution < 1.29 is 0 Å². The molecule has 0 saturated heterocycles. The van der Waals surface area contributed by atoms with E-state index >= 15 is 0 Å². The van der Waals surface area contributed by atoms with Crippen molar-refractivity contribution in [1.29, 1.82) is 0 Å². The molecule has 0 bridgehead atoms. The van der Waals surface area contributed by atoms with Gasteiger partial charge in [0, 0.05) is 27.9 Å². The van der Waals surface area contributed by atoms with E-state index in [0.717, 1.165) is 17.1 Å². The molecule has 0 aliphatic heterocycles. The van der Waals surface area contributed by atoms with Crippen molar-refractivity contribution in [3.63, 3.8) is 0 Å². The second-order valence-corrected chi connectivity index (χ2v) is 11.9. The molecular weight excluding hydrogens is 470 g/mol. The zero-order chi connectivity index (χ0) is 27.4. The van der Waals surface area contributed by atoms with Gasteiger partial charge in [-0.25, -0.2) is 0 Å². The van der Waals surface area contributed by atoms with Crippen LogP contribution in [0.25, 0.3) is 11.1 Å². The Morgan fingerprint density at radius 1 is 0.462 bits per heavy atom. The number of hydrogen-bond donors (Lipinski definition) is 0. The first-order valence-electron chi connectivity index (χ1n) is 14.0. The van der Waals surface area contributed by atoms with Crippen LogP contribution >= 0.6 is 0 Å². The lowest BCUT2D eigenvalue weighted by Gasteiger charge is -2.51. The fraction of sp³-hybridized carbons (Fsp3) is 0.211. The molecule has 5 aromatic carbocycles. The Balaban J connectivity index is 1.50. The normalized spacial score (nSPS) is 17.3. The van der Waals surface area contributed by atoms with Gasteiger partial charge in [0.15, 0.2) is 0 Å². The van der Waals surface area contributed by atoms with E-state index in [-0.39, 0.29) is 10.8 Å². The highest BCUT2D eigenvalue weighted by Crippen LogP contribution is 2.57. The van der Waals surface area contributed by atoms with Crippen molar-refractivity contribution >= 4 is 17.1 Å². The maximum atomic E-state index is 2.43. The third-order valence-electron chi connectivity index (χ3n) is 9.14. The first-order chi connectivity index (χ1) is 18.7. The maximum absolute atomic E-state index is 2.43. The van der Waals surface area contributed by atoms with Gasteiger partial charge in [0.05, 0.1) is 0 Å². The molecular formula is C38H37N. The fourth-order valence-corrected chi connectivity index (χ4v) is 6.47. The van der Waals surface area contributed by atoms with Crippen LogP contribution in [0.1, 0.15) is 54.2 Å². The summed E-state index contributed by atoms with van der Waals surface area (Å²) < 4.78 is 0. The van der Waals surface area contributed by atoms with Gasteiger partial charge in [-0.05, 0) is 85.0 Å². The van der Waals surface area contributed by atoms with Crippen LogP contribution in [-0.4, -0.2) is 0 Å². The quantitative estimate of drug-likeness (QED) is 0.234. The van der Waals surface area contributed by atoms with Crippen LogP contribution in [0.5, 0.6) is 0 Å². The summed E-state index contributed by atoms with van der Waals surface area (Å²) in [5.41, 5.74) is 13.9. The van der Waals surface area contributed by atoms with E-state index in [1.54, 1.807) is 0 Å². The van der Waals surface area contributed by atoms with Gasteiger partial charge >= 0.3 is 0 Å². The molecule has 39 heavy (non-hydrogen) atoms. The van der Waals surface area contributed by atoms with Crippen LogP contribution in [0.15, 0.2) is 115 Å². The average Bonchev–Trinajstić information content (AvgIpc) is 2.94. The molecule has 1 aliphatic carbocycles. The number of benzene rings is 5. The van der Waals surface area contributed by atoms with Gasteiger partial charge in [0.1, 0.15) is 0 Å². The Kier molecular flexibility index (Phi) is 5.99. The van der Waals surface area contributed by atoms with E-state index in [2.05, 4.69) is 162 Å².